The van der Waals surface area contributed by atoms with Gasteiger partial charge in [-0.05, 0) is 31.3 Å². The molecule has 1 aliphatic heterocycles. The Bertz CT molecular complexity index is 647. The Labute approximate surface area is 126 Å². The van der Waals surface area contributed by atoms with Crippen LogP contribution in [0, 0.1) is 28.7 Å². The quantitative estimate of drug-likeness (QED) is 0.650. The number of hydrogen-bond donors (Lipinski definition) is 2. The van der Waals surface area contributed by atoms with Crippen LogP contribution in [0.2, 0.25) is 0 Å². The fraction of sp³-hybridized carbons (Fsp3) is 0.538. The first-order valence-corrected chi connectivity index (χ1v) is 8.18. The lowest BCUT2D eigenvalue weighted by atomic mass is 9.81. The van der Waals surface area contributed by atoms with Crippen LogP contribution in [0.3, 0.4) is 0 Å². The Balaban J connectivity index is 2.28. The van der Waals surface area contributed by atoms with Gasteiger partial charge in [-0.2, -0.15) is 0 Å². The van der Waals surface area contributed by atoms with E-state index in [2.05, 4.69) is 10.0 Å². The van der Waals surface area contributed by atoms with Crippen molar-refractivity contribution in [3.05, 3.63) is 29.3 Å². The molecule has 0 bridgehead atoms. The predicted octanol–water partition coefficient (Wildman–Crippen LogP) is 1.91. The molecule has 9 heteroatoms. The first kappa shape index (κ1) is 17.2. The largest absolute Gasteiger partial charge is 0.317 e. The molecule has 1 aromatic carbocycles. The second-order valence-corrected chi connectivity index (χ2v) is 7.39. The summed E-state index contributed by atoms with van der Waals surface area (Å²) in [5.74, 6) is -7.37. The molecule has 4 nitrogen and oxygen atoms in total. The third-order valence-electron chi connectivity index (χ3n) is 3.84. The molecule has 0 aromatic heterocycles. The monoisotopic (exact) mass is 340 g/mol. The van der Waals surface area contributed by atoms with E-state index in [1.54, 1.807) is 0 Å². The maximum absolute atomic E-state index is 13.6. The number of nitrogens with one attached hydrogen (secondary N) is 2. The van der Waals surface area contributed by atoms with Crippen LogP contribution in [-0.2, 0) is 10.0 Å². The van der Waals surface area contributed by atoms with Gasteiger partial charge < -0.3 is 5.32 Å². The average Bonchev–Trinajstić information content (AvgIpc) is 2.44. The lowest BCUT2D eigenvalue weighted by Gasteiger charge is -2.34. The van der Waals surface area contributed by atoms with Crippen molar-refractivity contribution < 1.29 is 26.0 Å². The molecule has 0 amide bonds. The lowest BCUT2D eigenvalue weighted by Crippen LogP contribution is -2.43. The zero-order valence-electron chi connectivity index (χ0n) is 11.8. The number of rotatable bonds is 4. The number of benzene rings is 1. The number of piperidine rings is 1. The Morgan fingerprint density at radius 2 is 1.64 bits per heavy atom. The molecule has 0 aliphatic carbocycles. The van der Waals surface area contributed by atoms with Gasteiger partial charge in [0.1, 0.15) is 0 Å². The van der Waals surface area contributed by atoms with Crippen molar-refractivity contribution in [2.45, 2.75) is 24.7 Å². The van der Waals surface area contributed by atoms with E-state index < -0.39 is 43.6 Å². The van der Waals surface area contributed by atoms with Gasteiger partial charge in [-0.25, -0.2) is 30.7 Å². The van der Waals surface area contributed by atoms with E-state index in [9.17, 15) is 26.0 Å². The van der Waals surface area contributed by atoms with E-state index in [0.29, 0.717) is 25.9 Å². The molecule has 0 atom stereocenters. The molecular weight excluding hydrogens is 324 g/mol. The van der Waals surface area contributed by atoms with Crippen molar-refractivity contribution in [3.8, 4) is 0 Å². The van der Waals surface area contributed by atoms with Crippen molar-refractivity contribution in [3.63, 3.8) is 0 Å². The highest BCUT2D eigenvalue weighted by Crippen LogP contribution is 2.28. The molecular formula is C13H16F4N2O2S. The first-order chi connectivity index (χ1) is 10.2. The maximum Gasteiger partial charge on any atom is 0.246 e. The summed E-state index contributed by atoms with van der Waals surface area (Å²) in [6.45, 7) is 3.13. The van der Waals surface area contributed by atoms with Gasteiger partial charge in [-0.3, -0.25) is 0 Å². The van der Waals surface area contributed by atoms with Gasteiger partial charge >= 0.3 is 0 Å². The Kier molecular flexibility index (Phi) is 4.78. The fourth-order valence-corrected chi connectivity index (χ4v) is 3.69. The second-order valence-electron chi connectivity index (χ2n) is 5.68. The fourth-order valence-electron chi connectivity index (χ4n) is 2.34. The predicted molar refractivity (Wildman–Crippen MR) is 71.7 cm³/mol. The van der Waals surface area contributed by atoms with Gasteiger partial charge in [0.15, 0.2) is 28.2 Å². The van der Waals surface area contributed by atoms with E-state index in [4.69, 9.17) is 0 Å². The third-order valence-corrected chi connectivity index (χ3v) is 5.26. The molecule has 1 aliphatic rings. The minimum absolute atomic E-state index is 0.0300. The van der Waals surface area contributed by atoms with Gasteiger partial charge in [0, 0.05) is 12.6 Å². The zero-order valence-corrected chi connectivity index (χ0v) is 12.7. The molecule has 1 aromatic rings. The molecule has 0 spiro atoms. The summed E-state index contributed by atoms with van der Waals surface area (Å²) in [6.07, 6.45) is 1.33. The van der Waals surface area contributed by atoms with Crippen molar-refractivity contribution >= 4 is 10.0 Å². The van der Waals surface area contributed by atoms with Crippen LogP contribution in [0.5, 0.6) is 0 Å². The number of hydrogen-bond acceptors (Lipinski definition) is 3. The van der Waals surface area contributed by atoms with Crippen LogP contribution >= 0.6 is 0 Å². The maximum atomic E-state index is 13.6. The van der Waals surface area contributed by atoms with Crippen LogP contribution in [0.1, 0.15) is 19.8 Å². The summed E-state index contributed by atoms with van der Waals surface area (Å²) in [7, 11) is -4.70. The Morgan fingerprint density at radius 3 is 2.14 bits per heavy atom. The molecule has 2 rings (SSSR count). The second kappa shape index (κ2) is 6.13. The molecule has 2 N–H and O–H groups in total. The smallest absolute Gasteiger partial charge is 0.246 e. The minimum Gasteiger partial charge on any atom is -0.317 e. The Hall–Kier alpha value is -1.19. The highest BCUT2D eigenvalue weighted by Gasteiger charge is 2.33. The minimum atomic E-state index is -4.70. The number of halogens is 4. The van der Waals surface area contributed by atoms with Crippen LogP contribution < -0.4 is 10.0 Å². The van der Waals surface area contributed by atoms with Crippen molar-refractivity contribution in [1.82, 2.24) is 10.0 Å². The summed E-state index contributed by atoms with van der Waals surface area (Å²) in [5, 5.41) is 3.11. The molecule has 1 fully saturated rings. The molecule has 124 valence electrons. The average molecular weight is 340 g/mol. The number of sulfonamides is 1. The zero-order chi connectivity index (χ0) is 16.5. The molecule has 22 heavy (non-hydrogen) atoms. The highest BCUT2D eigenvalue weighted by molar-refractivity contribution is 7.89. The van der Waals surface area contributed by atoms with E-state index >= 15 is 0 Å². The van der Waals surface area contributed by atoms with Crippen LogP contribution in [-0.4, -0.2) is 28.1 Å². The first-order valence-electron chi connectivity index (χ1n) is 6.70. The standard InChI is InChI=1S/C13H16F4N2O2S/c1-13(2-4-18-5-3-13)7-19-22(20,21)12-10(16)8(14)6-9(15)11(12)17/h6,18-19H,2-5,7H2,1H3. The van der Waals surface area contributed by atoms with Gasteiger partial charge in [0.05, 0.1) is 0 Å². The summed E-state index contributed by atoms with van der Waals surface area (Å²) in [5.41, 5.74) is -0.392. The van der Waals surface area contributed by atoms with Crippen LogP contribution in [0.15, 0.2) is 11.0 Å². The van der Waals surface area contributed by atoms with Crippen molar-refractivity contribution in [2.75, 3.05) is 19.6 Å². The van der Waals surface area contributed by atoms with Gasteiger partial charge in [0.2, 0.25) is 10.0 Å². The van der Waals surface area contributed by atoms with E-state index in [-0.39, 0.29) is 12.6 Å². The van der Waals surface area contributed by atoms with Gasteiger partial charge in [-0.1, -0.05) is 6.92 Å². The molecule has 0 radical (unpaired) electrons. The molecule has 0 unspecified atom stereocenters. The summed E-state index contributed by atoms with van der Waals surface area (Å²) in [4.78, 5) is -1.62. The molecule has 1 saturated heterocycles. The molecule has 1 heterocycles. The molecule has 0 saturated carbocycles. The Morgan fingerprint density at radius 1 is 1.14 bits per heavy atom. The van der Waals surface area contributed by atoms with Crippen LogP contribution in [0.4, 0.5) is 17.6 Å². The summed E-state index contributed by atoms with van der Waals surface area (Å²) in [6, 6.07) is -0.0300. The SMILES string of the molecule is CC1(CNS(=O)(=O)c2c(F)c(F)cc(F)c2F)CCNCC1. The normalized spacial score (nSPS) is 18.4. The van der Waals surface area contributed by atoms with E-state index in [1.165, 1.54) is 0 Å². The third kappa shape index (κ3) is 3.41. The summed E-state index contributed by atoms with van der Waals surface area (Å²) >= 11 is 0. The summed E-state index contributed by atoms with van der Waals surface area (Å²) < 4.78 is 79.6. The van der Waals surface area contributed by atoms with E-state index in [1.807, 2.05) is 6.92 Å². The highest BCUT2D eigenvalue weighted by atomic mass is 32.2. The van der Waals surface area contributed by atoms with Gasteiger partial charge in [0.25, 0.3) is 0 Å². The van der Waals surface area contributed by atoms with Crippen LogP contribution in [0.25, 0.3) is 0 Å². The van der Waals surface area contributed by atoms with Crippen molar-refractivity contribution in [1.29, 1.82) is 0 Å². The van der Waals surface area contributed by atoms with E-state index in [0.717, 1.165) is 0 Å². The topological polar surface area (TPSA) is 58.2 Å². The lowest BCUT2D eigenvalue weighted by molar-refractivity contribution is 0.232. The van der Waals surface area contributed by atoms with Crippen molar-refractivity contribution in [2.24, 2.45) is 5.41 Å². The van der Waals surface area contributed by atoms with Gasteiger partial charge in [-0.15, -0.1) is 0 Å².